The second-order valence-corrected chi connectivity index (χ2v) is 12.5. The van der Waals surface area contributed by atoms with Gasteiger partial charge in [0, 0.05) is 53.9 Å². The summed E-state index contributed by atoms with van der Waals surface area (Å²) in [7, 11) is 0. The molecule has 0 saturated carbocycles. The van der Waals surface area contributed by atoms with Gasteiger partial charge >= 0.3 is 12.1 Å². The number of hydrogen-bond acceptors (Lipinski definition) is 10. The lowest BCUT2D eigenvalue weighted by atomic mass is 10.0. The number of aryl methyl sites for hydroxylation is 1. The zero-order chi connectivity index (χ0) is 34.3. The van der Waals surface area contributed by atoms with Crippen molar-refractivity contribution in [1.29, 1.82) is 5.26 Å². The molecule has 1 aliphatic heterocycles. The Kier molecular flexibility index (Phi) is 8.99. The molecule has 48 heavy (non-hydrogen) atoms. The Balaban J connectivity index is 1.27. The summed E-state index contributed by atoms with van der Waals surface area (Å²) in [6.45, 7) is 3.50. The van der Waals surface area contributed by atoms with Gasteiger partial charge in [-0.05, 0) is 38.1 Å². The van der Waals surface area contributed by atoms with Crippen LogP contribution in [0.25, 0.3) is 32.2 Å². The van der Waals surface area contributed by atoms with Crippen LogP contribution in [0.5, 0.6) is 5.75 Å². The van der Waals surface area contributed by atoms with Crippen LogP contribution in [-0.4, -0.2) is 80.5 Å². The highest BCUT2D eigenvalue weighted by atomic mass is 35.5. The molecule has 1 unspecified atom stereocenters. The third kappa shape index (κ3) is 6.14. The monoisotopic (exact) mass is 697 g/mol. The van der Waals surface area contributed by atoms with Gasteiger partial charge in [0.15, 0.2) is 0 Å². The first kappa shape index (κ1) is 33.1. The van der Waals surface area contributed by atoms with Gasteiger partial charge < -0.3 is 14.7 Å². The molecule has 5 aromatic rings. The van der Waals surface area contributed by atoms with E-state index in [0.29, 0.717) is 37.9 Å². The first-order valence-corrected chi connectivity index (χ1v) is 16.0. The standard InChI is InChI=1S/C32H27ClF3N7O4S/c1-17(32(34,35)36)41-7-9-42(10-8-41)29-22(14-37)26-24(15-39-29)40-18(2)43(30(26)44)11-12-47-25-4-3-19(33)13-21(25)20-5-6-38-27-23(31(45)46)16-48-28(20)27/h3-6,13,15-17H,7-12H2,1-2H3,(H,45,46). The summed E-state index contributed by atoms with van der Waals surface area (Å²) in [6, 6.07) is 7.27. The van der Waals surface area contributed by atoms with E-state index in [1.165, 1.54) is 38.6 Å². The number of ether oxygens (including phenoxy) is 1. The molecule has 1 N–H and O–H groups in total. The molecule has 1 aliphatic rings. The summed E-state index contributed by atoms with van der Waals surface area (Å²) < 4.78 is 48.0. The molecular weight excluding hydrogens is 671 g/mol. The van der Waals surface area contributed by atoms with E-state index in [1.807, 2.05) is 0 Å². The van der Waals surface area contributed by atoms with Crippen molar-refractivity contribution in [3.8, 4) is 22.9 Å². The number of carboxylic acid groups (broad SMARTS) is 1. The second kappa shape index (κ2) is 13.0. The summed E-state index contributed by atoms with van der Waals surface area (Å²) in [5, 5.41) is 21.7. The average molecular weight is 698 g/mol. The number of carboxylic acids is 1. The molecule has 11 nitrogen and oxygen atoms in total. The first-order chi connectivity index (χ1) is 22.9. The van der Waals surface area contributed by atoms with E-state index in [2.05, 4.69) is 21.0 Å². The number of fused-ring (bicyclic) bond motifs is 2. The molecule has 0 spiro atoms. The van der Waals surface area contributed by atoms with E-state index < -0.39 is 23.7 Å². The van der Waals surface area contributed by atoms with E-state index in [-0.39, 0.29) is 67.2 Å². The van der Waals surface area contributed by atoms with Crippen LogP contribution < -0.4 is 15.2 Å². The predicted octanol–water partition coefficient (Wildman–Crippen LogP) is 5.75. The lowest BCUT2D eigenvalue weighted by molar-refractivity contribution is -0.179. The highest BCUT2D eigenvalue weighted by molar-refractivity contribution is 7.18. The van der Waals surface area contributed by atoms with E-state index in [4.69, 9.17) is 16.3 Å². The number of aromatic nitrogens is 4. The Morgan fingerprint density at radius 3 is 2.62 bits per heavy atom. The van der Waals surface area contributed by atoms with Crippen molar-refractivity contribution >= 4 is 55.8 Å². The fourth-order valence-electron chi connectivity index (χ4n) is 5.83. The smallest absolute Gasteiger partial charge is 0.403 e. The number of piperazine rings is 1. The fourth-order valence-corrected chi connectivity index (χ4v) is 7.03. The molecule has 0 amide bonds. The maximum absolute atomic E-state index is 13.9. The van der Waals surface area contributed by atoms with Crippen LogP contribution in [0.3, 0.4) is 0 Å². The Bertz CT molecular complexity index is 2160. The zero-order valence-electron chi connectivity index (χ0n) is 25.6. The molecule has 0 radical (unpaired) electrons. The van der Waals surface area contributed by atoms with Crippen LogP contribution in [0.1, 0.15) is 28.7 Å². The van der Waals surface area contributed by atoms with Gasteiger partial charge in [0.1, 0.15) is 41.7 Å². The topological polar surface area (TPSA) is 137 Å². The Labute approximate surface area is 280 Å². The van der Waals surface area contributed by atoms with Crippen LogP contribution in [0, 0.1) is 18.3 Å². The van der Waals surface area contributed by atoms with Gasteiger partial charge in [0.05, 0.1) is 39.4 Å². The number of carbonyl (C=O) groups is 1. The number of rotatable bonds is 8. The van der Waals surface area contributed by atoms with E-state index in [0.717, 1.165) is 6.92 Å². The van der Waals surface area contributed by atoms with Crippen LogP contribution in [0.4, 0.5) is 19.0 Å². The van der Waals surface area contributed by atoms with E-state index in [9.17, 15) is 33.1 Å². The molecule has 5 heterocycles. The quantitative estimate of drug-likeness (QED) is 0.213. The molecule has 4 aromatic heterocycles. The molecule has 0 bridgehead atoms. The van der Waals surface area contributed by atoms with Crippen molar-refractivity contribution in [3.05, 3.63) is 74.4 Å². The van der Waals surface area contributed by atoms with Crippen molar-refractivity contribution in [3.63, 3.8) is 0 Å². The molecule has 16 heteroatoms. The van der Waals surface area contributed by atoms with E-state index >= 15 is 0 Å². The van der Waals surface area contributed by atoms with Crippen molar-refractivity contribution in [2.45, 2.75) is 32.6 Å². The second-order valence-electron chi connectivity index (χ2n) is 11.2. The van der Waals surface area contributed by atoms with Gasteiger partial charge in [0.25, 0.3) is 5.56 Å². The number of anilines is 1. The number of pyridine rings is 2. The van der Waals surface area contributed by atoms with Crippen molar-refractivity contribution in [1.82, 2.24) is 24.4 Å². The normalized spacial score (nSPS) is 14.7. The Morgan fingerprint density at radius 2 is 1.94 bits per heavy atom. The number of thiophene rings is 1. The molecule has 0 aliphatic carbocycles. The van der Waals surface area contributed by atoms with Gasteiger partial charge in [0.2, 0.25) is 0 Å². The number of benzene rings is 1. The number of hydrogen-bond donors (Lipinski definition) is 1. The van der Waals surface area contributed by atoms with Crippen LogP contribution in [0.2, 0.25) is 5.02 Å². The number of alkyl halides is 3. The lowest BCUT2D eigenvalue weighted by Crippen LogP contribution is -2.54. The zero-order valence-corrected chi connectivity index (χ0v) is 27.2. The number of aromatic carboxylic acids is 1. The molecule has 248 valence electrons. The summed E-state index contributed by atoms with van der Waals surface area (Å²) in [4.78, 5) is 41.8. The summed E-state index contributed by atoms with van der Waals surface area (Å²) >= 11 is 7.58. The highest BCUT2D eigenvalue weighted by Crippen LogP contribution is 2.39. The van der Waals surface area contributed by atoms with E-state index in [1.54, 1.807) is 36.1 Å². The van der Waals surface area contributed by atoms with Crippen LogP contribution >= 0.6 is 22.9 Å². The highest BCUT2D eigenvalue weighted by Gasteiger charge is 2.41. The lowest BCUT2D eigenvalue weighted by Gasteiger charge is -2.39. The van der Waals surface area contributed by atoms with Gasteiger partial charge in [-0.15, -0.1) is 11.3 Å². The third-order valence-electron chi connectivity index (χ3n) is 8.41. The molecule has 1 fully saturated rings. The average Bonchev–Trinajstić information content (AvgIpc) is 3.50. The Morgan fingerprint density at radius 1 is 1.19 bits per heavy atom. The minimum absolute atomic E-state index is 0.00959. The van der Waals surface area contributed by atoms with Gasteiger partial charge in [-0.1, -0.05) is 11.6 Å². The van der Waals surface area contributed by atoms with Crippen molar-refractivity contribution < 1.29 is 27.8 Å². The molecule has 6 rings (SSSR count). The summed E-state index contributed by atoms with van der Waals surface area (Å²) in [5.41, 5.74) is 1.50. The maximum Gasteiger partial charge on any atom is 0.403 e. The summed E-state index contributed by atoms with van der Waals surface area (Å²) in [6.07, 6.45) is -1.43. The van der Waals surface area contributed by atoms with Gasteiger partial charge in [-0.25, -0.2) is 14.8 Å². The third-order valence-corrected chi connectivity index (χ3v) is 9.64. The molecule has 1 saturated heterocycles. The van der Waals surface area contributed by atoms with Crippen LogP contribution in [0.15, 0.2) is 46.8 Å². The number of nitriles is 1. The summed E-state index contributed by atoms with van der Waals surface area (Å²) in [5.74, 6) is -0.0427. The first-order valence-electron chi connectivity index (χ1n) is 14.8. The Hall–Kier alpha value is -4.78. The molecular formula is C32H27ClF3N7O4S. The predicted molar refractivity (Wildman–Crippen MR) is 175 cm³/mol. The number of halogens is 4. The van der Waals surface area contributed by atoms with Gasteiger partial charge in [-0.2, -0.15) is 18.4 Å². The SMILES string of the molecule is Cc1nc2cnc(N3CCN(C(C)C(F)(F)F)CC3)c(C#N)c2c(=O)n1CCOc1ccc(Cl)cc1-c1ccnc2c(C(=O)O)csc12. The van der Waals surface area contributed by atoms with Gasteiger partial charge in [-0.3, -0.25) is 19.2 Å². The minimum atomic E-state index is -4.35. The van der Waals surface area contributed by atoms with Crippen molar-refractivity contribution in [2.24, 2.45) is 0 Å². The number of nitrogens with zero attached hydrogens (tertiary/aromatic N) is 7. The largest absolute Gasteiger partial charge is 0.491 e. The maximum atomic E-state index is 13.9. The molecule has 1 aromatic carbocycles. The fraction of sp³-hybridized carbons (Fsp3) is 0.312. The van der Waals surface area contributed by atoms with Crippen molar-refractivity contribution in [2.75, 3.05) is 37.7 Å². The van der Waals surface area contributed by atoms with Crippen LogP contribution in [-0.2, 0) is 6.54 Å². The molecule has 1 atom stereocenters. The minimum Gasteiger partial charge on any atom is -0.491 e.